The summed E-state index contributed by atoms with van der Waals surface area (Å²) in [5.74, 6) is 1.72. The molecule has 0 amide bonds. The lowest BCUT2D eigenvalue weighted by Crippen LogP contribution is -2.37. The van der Waals surface area contributed by atoms with Crippen LogP contribution in [0.3, 0.4) is 0 Å². The normalized spacial score (nSPS) is 20.2. The highest BCUT2D eigenvalue weighted by molar-refractivity contribution is 5.52. The molecule has 0 saturated carbocycles. The van der Waals surface area contributed by atoms with Gasteiger partial charge in [-0.15, -0.1) is 0 Å². The van der Waals surface area contributed by atoms with Crippen LogP contribution >= 0.6 is 0 Å². The van der Waals surface area contributed by atoms with Crippen LogP contribution in [0.1, 0.15) is 37.7 Å². The minimum atomic E-state index is 0.189. The Hall–Kier alpha value is -1.55. The van der Waals surface area contributed by atoms with Gasteiger partial charge in [-0.05, 0) is 43.0 Å². The summed E-state index contributed by atoms with van der Waals surface area (Å²) in [5.41, 5.74) is 1.11. The molecule has 2 unspecified atom stereocenters. The van der Waals surface area contributed by atoms with Crippen molar-refractivity contribution in [2.24, 2.45) is 0 Å². The number of carbonyl (C=O) groups is 1. The van der Waals surface area contributed by atoms with E-state index in [9.17, 15) is 4.79 Å². The maximum atomic E-state index is 10.6. The molecule has 0 bridgehead atoms. The van der Waals surface area contributed by atoms with E-state index < -0.39 is 0 Å². The molecule has 1 aromatic carbocycles. The van der Waals surface area contributed by atoms with E-state index in [0.29, 0.717) is 6.42 Å². The molecule has 1 aliphatic rings. The van der Waals surface area contributed by atoms with Gasteiger partial charge in [0.15, 0.2) is 11.5 Å². The van der Waals surface area contributed by atoms with E-state index in [1.807, 2.05) is 25.1 Å². The van der Waals surface area contributed by atoms with Crippen LogP contribution < -0.4 is 14.8 Å². The van der Waals surface area contributed by atoms with E-state index in [1.54, 1.807) is 7.11 Å². The van der Waals surface area contributed by atoms with Crippen LogP contribution in [0.15, 0.2) is 18.2 Å². The molecule has 4 heteroatoms. The molecule has 1 heterocycles. The monoisotopic (exact) mass is 277 g/mol. The number of hydrogen-bond donors (Lipinski definition) is 1. The minimum absolute atomic E-state index is 0.189. The largest absolute Gasteiger partial charge is 0.493 e. The second kappa shape index (κ2) is 7.29. The molecule has 0 spiro atoms. The Morgan fingerprint density at radius 2 is 2.30 bits per heavy atom. The molecule has 1 fully saturated rings. The Morgan fingerprint density at radius 3 is 2.95 bits per heavy atom. The third-order valence-electron chi connectivity index (χ3n) is 3.75. The zero-order chi connectivity index (χ0) is 14.4. The summed E-state index contributed by atoms with van der Waals surface area (Å²) in [6.45, 7) is 3.98. The van der Waals surface area contributed by atoms with Crippen LogP contribution in [0.2, 0.25) is 0 Å². The molecule has 1 saturated heterocycles. The van der Waals surface area contributed by atoms with Crippen molar-refractivity contribution in [3.8, 4) is 11.5 Å². The molecule has 0 aromatic heterocycles. The van der Waals surface area contributed by atoms with Crippen molar-refractivity contribution in [2.45, 2.75) is 38.2 Å². The van der Waals surface area contributed by atoms with E-state index in [4.69, 9.17) is 9.47 Å². The highest BCUT2D eigenvalue weighted by atomic mass is 16.5. The summed E-state index contributed by atoms with van der Waals surface area (Å²) < 4.78 is 11.4. The van der Waals surface area contributed by atoms with Crippen LogP contribution in [0.5, 0.6) is 11.5 Å². The average molecular weight is 277 g/mol. The lowest BCUT2D eigenvalue weighted by molar-refractivity contribution is -0.108. The highest BCUT2D eigenvalue weighted by Gasteiger charge is 2.17. The summed E-state index contributed by atoms with van der Waals surface area (Å²) in [7, 11) is 1.65. The fraction of sp³-hybridized carbons (Fsp3) is 0.562. The van der Waals surface area contributed by atoms with E-state index in [2.05, 4.69) is 5.32 Å². The SMILES string of the molecule is COc1ccc(C(C)CC=O)cc1OC1CCCNC1. The number of hydrogen-bond acceptors (Lipinski definition) is 4. The number of benzene rings is 1. The summed E-state index contributed by atoms with van der Waals surface area (Å²) in [6, 6.07) is 5.92. The first-order chi connectivity index (χ1) is 9.74. The fourth-order valence-corrected chi connectivity index (χ4v) is 2.47. The summed E-state index contributed by atoms with van der Waals surface area (Å²) in [6.07, 6.45) is 3.87. The van der Waals surface area contributed by atoms with Gasteiger partial charge in [0.05, 0.1) is 7.11 Å². The van der Waals surface area contributed by atoms with Gasteiger partial charge in [-0.3, -0.25) is 0 Å². The van der Waals surface area contributed by atoms with Crippen LogP contribution in [-0.2, 0) is 4.79 Å². The smallest absolute Gasteiger partial charge is 0.161 e. The first-order valence-electron chi connectivity index (χ1n) is 7.23. The molecular formula is C16H23NO3. The van der Waals surface area contributed by atoms with Crippen molar-refractivity contribution in [3.05, 3.63) is 23.8 Å². The second-order valence-electron chi connectivity index (χ2n) is 5.30. The molecule has 4 nitrogen and oxygen atoms in total. The van der Waals surface area contributed by atoms with Crippen LogP contribution in [0.4, 0.5) is 0 Å². The maximum absolute atomic E-state index is 10.6. The predicted octanol–water partition coefficient (Wildman–Crippen LogP) is 2.52. The van der Waals surface area contributed by atoms with E-state index in [0.717, 1.165) is 49.3 Å². The van der Waals surface area contributed by atoms with Crippen molar-refractivity contribution in [3.63, 3.8) is 0 Å². The minimum Gasteiger partial charge on any atom is -0.493 e. The molecule has 1 N–H and O–H groups in total. The van der Waals surface area contributed by atoms with E-state index in [-0.39, 0.29) is 12.0 Å². The number of carbonyl (C=O) groups excluding carboxylic acids is 1. The van der Waals surface area contributed by atoms with Gasteiger partial charge in [-0.2, -0.15) is 0 Å². The zero-order valence-corrected chi connectivity index (χ0v) is 12.2. The predicted molar refractivity (Wildman–Crippen MR) is 78.6 cm³/mol. The topological polar surface area (TPSA) is 47.6 Å². The lowest BCUT2D eigenvalue weighted by Gasteiger charge is -2.25. The highest BCUT2D eigenvalue weighted by Crippen LogP contribution is 2.33. The van der Waals surface area contributed by atoms with E-state index >= 15 is 0 Å². The van der Waals surface area contributed by atoms with Gasteiger partial charge in [0.1, 0.15) is 12.4 Å². The molecule has 0 radical (unpaired) electrons. The maximum Gasteiger partial charge on any atom is 0.161 e. The van der Waals surface area contributed by atoms with Crippen LogP contribution in [-0.4, -0.2) is 32.6 Å². The van der Waals surface area contributed by atoms with Crippen molar-refractivity contribution in [1.29, 1.82) is 0 Å². The lowest BCUT2D eigenvalue weighted by atomic mass is 9.98. The Morgan fingerprint density at radius 1 is 1.45 bits per heavy atom. The van der Waals surface area contributed by atoms with Gasteiger partial charge in [-0.25, -0.2) is 0 Å². The van der Waals surface area contributed by atoms with Crippen molar-refractivity contribution in [2.75, 3.05) is 20.2 Å². The van der Waals surface area contributed by atoms with Crippen LogP contribution in [0, 0.1) is 0 Å². The third kappa shape index (κ3) is 3.73. The zero-order valence-electron chi connectivity index (χ0n) is 12.2. The molecule has 110 valence electrons. The first kappa shape index (κ1) is 14.9. The van der Waals surface area contributed by atoms with Crippen molar-refractivity contribution in [1.82, 2.24) is 5.32 Å². The number of nitrogens with one attached hydrogen (secondary N) is 1. The average Bonchev–Trinajstić information content (AvgIpc) is 2.48. The number of methoxy groups -OCH3 is 1. The van der Waals surface area contributed by atoms with Gasteiger partial charge >= 0.3 is 0 Å². The number of aldehydes is 1. The number of rotatable bonds is 6. The molecule has 2 rings (SSSR count). The Labute approximate surface area is 120 Å². The quantitative estimate of drug-likeness (QED) is 0.812. The molecule has 0 aliphatic carbocycles. The molecule has 20 heavy (non-hydrogen) atoms. The molecule has 2 atom stereocenters. The fourth-order valence-electron chi connectivity index (χ4n) is 2.47. The van der Waals surface area contributed by atoms with Gasteiger partial charge < -0.3 is 19.6 Å². The summed E-state index contributed by atoms with van der Waals surface area (Å²) in [5, 5.41) is 3.34. The Kier molecular flexibility index (Phi) is 5.41. The first-order valence-corrected chi connectivity index (χ1v) is 7.23. The van der Waals surface area contributed by atoms with Gasteiger partial charge in [0, 0.05) is 13.0 Å². The Bertz CT molecular complexity index is 441. The van der Waals surface area contributed by atoms with Gasteiger partial charge in [-0.1, -0.05) is 13.0 Å². The van der Waals surface area contributed by atoms with Gasteiger partial charge in [0.25, 0.3) is 0 Å². The van der Waals surface area contributed by atoms with E-state index in [1.165, 1.54) is 0 Å². The van der Waals surface area contributed by atoms with Crippen molar-refractivity contribution < 1.29 is 14.3 Å². The van der Waals surface area contributed by atoms with Gasteiger partial charge in [0.2, 0.25) is 0 Å². The third-order valence-corrected chi connectivity index (χ3v) is 3.75. The standard InChI is InChI=1S/C16H23NO3/c1-12(7-9-18)13-5-6-15(19-2)16(10-13)20-14-4-3-8-17-11-14/h5-6,9-10,12,14,17H,3-4,7-8,11H2,1-2H3. The van der Waals surface area contributed by atoms with Crippen LogP contribution in [0.25, 0.3) is 0 Å². The van der Waals surface area contributed by atoms with Crippen molar-refractivity contribution >= 4 is 6.29 Å². The Balaban J connectivity index is 2.15. The summed E-state index contributed by atoms with van der Waals surface area (Å²) >= 11 is 0. The molecule has 1 aromatic rings. The number of piperidine rings is 1. The second-order valence-corrected chi connectivity index (χ2v) is 5.30. The number of ether oxygens (including phenoxy) is 2. The summed E-state index contributed by atoms with van der Waals surface area (Å²) in [4.78, 5) is 10.6. The molecular weight excluding hydrogens is 254 g/mol. The molecule has 1 aliphatic heterocycles.